The lowest BCUT2D eigenvalue weighted by molar-refractivity contribution is -0.641. The molecular weight excluding hydrogens is 222 g/mol. The molecule has 0 saturated carbocycles. The maximum absolute atomic E-state index is 11.4. The Morgan fingerprint density at radius 2 is 2.35 bits per heavy atom. The molecule has 2 rings (SSSR count). The number of nitrogen functional groups attached to an aromatic ring is 1. The first-order valence-electron chi connectivity index (χ1n) is 5.15. The van der Waals surface area contributed by atoms with E-state index in [1.807, 2.05) is 7.05 Å². The second-order valence-electron chi connectivity index (χ2n) is 3.45. The molecule has 0 atom stereocenters. The van der Waals surface area contributed by atoms with Crippen LogP contribution in [0, 0.1) is 5.21 Å². The average Bonchev–Trinajstić information content (AvgIpc) is 2.28. The SMILES string of the molecule is CNCCOc1ccc2c(c1)nc(N)n[n+]2[O-]. The summed E-state index contributed by atoms with van der Waals surface area (Å²) in [4.78, 5) is 4.43. The van der Waals surface area contributed by atoms with Crippen molar-refractivity contribution in [2.24, 2.45) is 0 Å². The molecule has 1 heterocycles. The van der Waals surface area contributed by atoms with E-state index in [1.54, 1.807) is 18.2 Å². The minimum Gasteiger partial charge on any atom is -0.594 e. The quantitative estimate of drug-likeness (QED) is 0.419. The summed E-state index contributed by atoms with van der Waals surface area (Å²) < 4.78 is 5.46. The van der Waals surface area contributed by atoms with E-state index in [9.17, 15) is 5.21 Å². The molecule has 0 fully saturated rings. The fraction of sp³-hybridized carbons (Fsp3) is 0.300. The molecule has 0 aliphatic rings. The fourth-order valence-corrected chi connectivity index (χ4v) is 1.41. The van der Waals surface area contributed by atoms with Crippen molar-refractivity contribution in [3.05, 3.63) is 23.4 Å². The van der Waals surface area contributed by atoms with Gasteiger partial charge in [0.25, 0.3) is 11.5 Å². The third kappa shape index (κ3) is 2.51. The summed E-state index contributed by atoms with van der Waals surface area (Å²) >= 11 is 0. The van der Waals surface area contributed by atoms with Gasteiger partial charge in [-0.2, -0.15) is 0 Å². The summed E-state index contributed by atoms with van der Waals surface area (Å²) in [7, 11) is 1.85. The third-order valence-electron chi connectivity index (χ3n) is 2.20. The van der Waals surface area contributed by atoms with Crippen molar-refractivity contribution in [3.8, 4) is 5.75 Å². The minimum absolute atomic E-state index is 0.0557. The van der Waals surface area contributed by atoms with Crippen LogP contribution in [-0.4, -0.2) is 30.3 Å². The van der Waals surface area contributed by atoms with Crippen molar-refractivity contribution in [1.29, 1.82) is 0 Å². The standard InChI is InChI=1S/C10H13N5O2/c1-12-4-5-17-7-2-3-9-8(6-7)13-10(11)14-15(9)16/h2-3,6,12H,4-5H2,1H3,(H2,11,13,14). The first-order valence-corrected chi connectivity index (χ1v) is 5.15. The average molecular weight is 235 g/mol. The van der Waals surface area contributed by atoms with Gasteiger partial charge < -0.3 is 21.0 Å². The highest BCUT2D eigenvalue weighted by Crippen LogP contribution is 2.16. The molecule has 1 aromatic heterocycles. The van der Waals surface area contributed by atoms with E-state index < -0.39 is 0 Å². The van der Waals surface area contributed by atoms with Crippen molar-refractivity contribution in [2.45, 2.75) is 0 Å². The van der Waals surface area contributed by atoms with E-state index in [1.165, 1.54) is 0 Å². The normalized spacial score (nSPS) is 10.6. The van der Waals surface area contributed by atoms with Gasteiger partial charge in [0.15, 0.2) is 0 Å². The van der Waals surface area contributed by atoms with Gasteiger partial charge in [-0.25, -0.2) is 4.98 Å². The Morgan fingerprint density at radius 3 is 3.12 bits per heavy atom. The number of fused-ring (bicyclic) bond motifs is 1. The molecule has 0 unspecified atom stereocenters. The van der Waals surface area contributed by atoms with Gasteiger partial charge in [-0.05, 0) is 18.0 Å². The summed E-state index contributed by atoms with van der Waals surface area (Å²) in [6.07, 6.45) is 0. The Balaban J connectivity index is 2.30. The van der Waals surface area contributed by atoms with Gasteiger partial charge in [0.2, 0.25) is 0 Å². The van der Waals surface area contributed by atoms with Crippen LogP contribution in [0.3, 0.4) is 0 Å². The lowest BCUT2D eigenvalue weighted by Gasteiger charge is -2.06. The zero-order chi connectivity index (χ0) is 12.3. The monoisotopic (exact) mass is 235 g/mol. The molecule has 90 valence electrons. The number of benzene rings is 1. The predicted octanol–water partition coefficient (Wildman–Crippen LogP) is -0.556. The molecule has 0 aliphatic carbocycles. The minimum atomic E-state index is -0.0557. The molecule has 1 aromatic carbocycles. The fourth-order valence-electron chi connectivity index (χ4n) is 1.41. The van der Waals surface area contributed by atoms with Crippen LogP contribution in [0.25, 0.3) is 11.0 Å². The number of likely N-dealkylation sites (N-methyl/N-ethyl adjacent to an activating group) is 1. The lowest BCUT2D eigenvalue weighted by Crippen LogP contribution is -2.33. The van der Waals surface area contributed by atoms with Crippen LogP contribution in [0.15, 0.2) is 18.2 Å². The number of ether oxygens (including phenoxy) is 1. The van der Waals surface area contributed by atoms with Gasteiger partial charge in [-0.3, -0.25) is 0 Å². The highest BCUT2D eigenvalue weighted by molar-refractivity contribution is 5.73. The van der Waals surface area contributed by atoms with Gasteiger partial charge in [-0.1, -0.05) is 0 Å². The van der Waals surface area contributed by atoms with E-state index in [0.717, 1.165) is 6.54 Å². The van der Waals surface area contributed by atoms with Gasteiger partial charge in [-0.15, -0.1) is 0 Å². The maximum Gasteiger partial charge on any atom is 0.288 e. The molecule has 0 amide bonds. The second kappa shape index (κ2) is 4.79. The van der Waals surface area contributed by atoms with Crippen LogP contribution in [0.5, 0.6) is 5.75 Å². The number of hydrogen-bond donors (Lipinski definition) is 2. The largest absolute Gasteiger partial charge is 0.594 e. The third-order valence-corrected chi connectivity index (χ3v) is 2.20. The van der Waals surface area contributed by atoms with Gasteiger partial charge in [0, 0.05) is 18.7 Å². The number of rotatable bonds is 4. The van der Waals surface area contributed by atoms with E-state index >= 15 is 0 Å². The van der Waals surface area contributed by atoms with Gasteiger partial charge in [0.1, 0.15) is 17.9 Å². The number of nitrogens with two attached hydrogens (primary N) is 1. The molecule has 0 saturated heterocycles. The zero-order valence-electron chi connectivity index (χ0n) is 9.38. The number of hydrogen-bond acceptors (Lipinski definition) is 6. The van der Waals surface area contributed by atoms with Crippen LogP contribution in [-0.2, 0) is 0 Å². The highest BCUT2D eigenvalue weighted by atomic mass is 16.5. The summed E-state index contributed by atoms with van der Waals surface area (Å²) in [5.41, 5.74) is 6.23. The van der Waals surface area contributed by atoms with Crippen molar-refractivity contribution in [2.75, 3.05) is 25.9 Å². The van der Waals surface area contributed by atoms with Crippen molar-refractivity contribution in [1.82, 2.24) is 15.4 Å². The van der Waals surface area contributed by atoms with Crippen LogP contribution >= 0.6 is 0 Å². The number of nitrogens with zero attached hydrogens (tertiary/aromatic N) is 3. The molecule has 3 N–H and O–H groups in total. The molecule has 17 heavy (non-hydrogen) atoms. The summed E-state index contributed by atoms with van der Waals surface area (Å²) in [6.45, 7) is 1.28. The van der Waals surface area contributed by atoms with Crippen LogP contribution in [0.4, 0.5) is 5.95 Å². The maximum atomic E-state index is 11.4. The number of nitrogens with one attached hydrogen (secondary N) is 1. The molecule has 0 aliphatic heterocycles. The van der Waals surface area contributed by atoms with Crippen LogP contribution in [0.1, 0.15) is 0 Å². The Bertz CT molecular complexity index is 531. The van der Waals surface area contributed by atoms with E-state index in [0.29, 0.717) is 28.2 Å². The smallest absolute Gasteiger partial charge is 0.288 e. The van der Waals surface area contributed by atoms with E-state index in [-0.39, 0.29) is 5.95 Å². The Morgan fingerprint density at radius 1 is 1.53 bits per heavy atom. The lowest BCUT2D eigenvalue weighted by atomic mass is 10.3. The molecule has 2 aromatic rings. The Labute approximate surface area is 97.8 Å². The number of aromatic nitrogens is 3. The van der Waals surface area contributed by atoms with Crippen molar-refractivity contribution >= 4 is 17.0 Å². The van der Waals surface area contributed by atoms with E-state index in [4.69, 9.17) is 10.5 Å². The van der Waals surface area contributed by atoms with E-state index in [2.05, 4.69) is 15.4 Å². The second-order valence-corrected chi connectivity index (χ2v) is 3.45. The summed E-state index contributed by atoms with van der Waals surface area (Å²) in [5, 5.41) is 17.9. The molecule has 7 nitrogen and oxygen atoms in total. The molecule has 0 bridgehead atoms. The van der Waals surface area contributed by atoms with Crippen LogP contribution in [0.2, 0.25) is 0 Å². The molecule has 7 heteroatoms. The first-order chi connectivity index (χ1) is 8.20. The highest BCUT2D eigenvalue weighted by Gasteiger charge is 2.09. The van der Waals surface area contributed by atoms with Crippen molar-refractivity contribution in [3.63, 3.8) is 0 Å². The zero-order valence-corrected chi connectivity index (χ0v) is 9.38. The Hall–Kier alpha value is -2.15. The van der Waals surface area contributed by atoms with Gasteiger partial charge >= 0.3 is 0 Å². The first kappa shape index (κ1) is 11.3. The van der Waals surface area contributed by atoms with Gasteiger partial charge in [0.05, 0.1) is 5.10 Å². The van der Waals surface area contributed by atoms with Crippen molar-refractivity contribution < 1.29 is 9.58 Å². The summed E-state index contributed by atoms with van der Waals surface area (Å²) in [5.74, 6) is 0.589. The Kier molecular flexibility index (Phi) is 3.20. The van der Waals surface area contributed by atoms with Crippen LogP contribution < -0.4 is 20.6 Å². The predicted molar refractivity (Wildman–Crippen MR) is 62.3 cm³/mol. The summed E-state index contributed by atoms with van der Waals surface area (Å²) in [6, 6.07) is 4.97. The molecular formula is C10H13N5O2. The topological polar surface area (TPSA) is 100 Å². The molecule has 0 radical (unpaired) electrons. The molecule has 0 spiro atoms. The number of anilines is 1.